The molecule has 138 valence electrons. The molecule has 0 saturated carbocycles. The molecular weight excluding hydrogens is 352 g/mol. The topological polar surface area (TPSA) is 67.4 Å². The van der Waals surface area contributed by atoms with Gasteiger partial charge in [-0.2, -0.15) is 0 Å². The number of ether oxygens (including phenoxy) is 1. The van der Waals surface area contributed by atoms with Gasteiger partial charge in [-0.15, -0.1) is 0 Å². The molecule has 0 aliphatic heterocycles. The third-order valence-corrected chi connectivity index (χ3v) is 4.20. The van der Waals surface area contributed by atoms with E-state index in [0.717, 1.165) is 0 Å². The van der Waals surface area contributed by atoms with Crippen LogP contribution >= 0.6 is 11.6 Å². The molecule has 2 N–H and O–H groups in total. The van der Waals surface area contributed by atoms with Crippen LogP contribution < -0.4 is 15.4 Å². The highest BCUT2D eigenvalue weighted by atomic mass is 35.5. The SMILES string of the molecule is CC(C)C(C)NC(=O)COc1ccc(Cl)cc1C(=O)Nc1ccccc1. The zero-order valence-electron chi connectivity index (χ0n) is 15.1. The number of rotatable bonds is 7. The van der Waals surface area contributed by atoms with Crippen LogP contribution in [0.3, 0.4) is 0 Å². The minimum absolute atomic E-state index is 0.0390. The van der Waals surface area contributed by atoms with Gasteiger partial charge in [0.25, 0.3) is 11.8 Å². The summed E-state index contributed by atoms with van der Waals surface area (Å²) in [5.74, 6) is 0.0251. The van der Waals surface area contributed by atoms with Crippen molar-refractivity contribution in [3.63, 3.8) is 0 Å². The molecule has 1 atom stereocenters. The fraction of sp³-hybridized carbons (Fsp3) is 0.300. The smallest absolute Gasteiger partial charge is 0.259 e. The van der Waals surface area contributed by atoms with Gasteiger partial charge in [0.1, 0.15) is 5.75 Å². The number of para-hydroxylation sites is 1. The van der Waals surface area contributed by atoms with E-state index in [-0.39, 0.29) is 30.0 Å². The largest absolute Gasteiger partial charge is 0.483 e. The summed E-state index contributed by atoms with van der Waals surface area (Å²) in [6.45, 7) is 5.81. The monoisotopic (exact) mass is 374 g/mol. The summed E-state index contributed by atoms with van der Waals surface area (Å²) in [5.41, 5.74) is 0.929. The zero-order chi connectivity index (χ0) is 19.1. The van der Waals surface area contributed by atoms with Crippen molar-refractivity contribution in [1.29, 1.82) is 0 Å². The zero-order valence-corrected chi connectivity index (χ0v) is 15.8. The number of carbonyl (C=O) groups is 2. The number of halogens is 1. The standard InChI is InChI=1S/C20H23ClN2O3/c1-13(2)14(3)22-19(24)12-26-18-10-9-15(21)11-17(18)20(25)23-16-7-5-4-6-8-16/h4-11,13-14H,12H2,1-3H3,(H,22,24)(H,23,25). The number of amides is 2. The second-order valence-corrected chi connectivity index (χ2v) is 6.79. The van der Waals surface area contributed by atoms with Gasteiger partial charge in [-0.3, -0.25) is 9.59 Å². The summed E-state index contributed by atoms with van der Waals surface area (Å²) in [5, 5.41) is 6.05. The second kappa shape index (κ2) is 9.25. The van der Waals surface area contributed by atoms with Crippen LogP contribution in [-0.4, -0.2) is 24.5 Å². The Morgan fingerprint density at radius 1 is 1.08 bits per heavy atom. The maximum absolute atomic E-state index is 12.5. The lowest BCUT2D eigenvalue weighted by Gasteiger charge is -2.18. The first-order chi connectivity index (χ1) is 12.4. The molecule has 2 rings (SSSR count). The maximum atomic E-state index is 12.5. The van der Waals surface area contributed by atoms with Crippen LogP contribution in [0.5, 0.6) is 5.75 Å². The van der Waals surface area contributed by atoms with E-state index in [1.807, 2.05) is 39.0 Å². The molecular formula is C20H23ClN2O3. The van der Waals surface area contributed by atoms with E-state index in [4.69, 9.17) is 16.3 Å². The quantitative estimate of drug-likeness (QED) is 0.765. The predicted octanol–water partition coefficient (Wildman–Crippen LogP) is 4.13. The average Bonchev–Trinajstić information content (AvgIpc) is 2.61. The molecule has 5 nitrogen and oxygen atoms in total. The van der Waals surface area contributed by atoms with E-state index in [0.29, 0.717) is 22.4 Å². The van der Waals surface area contributed by atoms with E-state index in [1.165, 1.54) is 6.07 Å². The number of benzene rings is 2. The Morgan fingerprint density at radius 2 is 1.77 bits per heavy atom. The maximum Gasteiger partial charge on any atom is 0.259 e. The van der Waals surface area contributed by atoms with Gasteiger partial charge >= 0.3 is 0 Å². The normalized spacial score (nSPS) is 11.7. The second-order valence-electron chi connectivity index (χ2n) is 6.35. The van der Waals surface area contributed by atoms with Gasteiger partial charge in [0.15, 0.2) is 6.61 Å². The van der Waals surface area contributed by atoms with Crippen LogP contribution in [-0.2, 0) is 4.79 Å². The van der Waals surface area contributed by atoms with Gasteiger partial charge in [0.2, 0.25) is 0 Å². The van der Waals surface area contributed by atoms with Gasteiger partial charge in [-0.25, -0.2) is 0 Å². The predicted molar refractivity (Wildman–Crippen MR) is 104 cm³/mol. The summed E-state index contributed by atoms with van der Waals surface area (Å²) >= 11 is 6.02. The molecule has 0 aliphatic rings. The highest BCUT2D eigenvalue weighted by molar-refractivity contribution is 6.31. The molecule has 0 saturated heterocycles. The third kappa shape index (κ3) is 5.77. The van der Waals surface area contributed by atoms with Crippen molar-refractivity contribution in [3.8, 4) is 5.75 Å². The summed E-state index contributed by atoms with van der Waals surface area (Å²) in [4.78, 5) is 24.6. The number of carbonyl (C=O) groups excluding carboxylic acids is 2. The van der Waals surface area contributed by atoms with Gasteiger partial charge in [0, 0.05) is 16.8 Å². The Hall–Kier alpha value is -2.53. The first-order valence-corrected chi connectivity index (χ1v) is 8.82. The van der Waals surface area contributed by atoms with Crippen LogP contribution in [0, 0.1) is 5.92 Å². The molecule has 0 heterocycles. The Labute approximate surface area is 158 Å². The number of nitrogens with one attached hydrogen (secondary N) is 2. The average molecular weight is 375 g/mol. The molecule has 2 aromatic carbocycles. The lowest BCUT2D eigenvalue weighted by Crippen LogP contribution is -2.39. The van der Waals surface area contributed by atoms with Crippen LogP contribution in [0.4, 0.5) is 5.69 Å². The molecule has 0 fully saturated rings. The van der Waals surface area contributed by atoms with Gasteiger partial charge < -0.3 is 15.4 Å². The molecule has 0 aromatic heterocycles. The summed E-state index contributed by atoms with van der Waals surface area (Å²) in [7, 11) is 0. The highest BCUT2D eigenvalue weighted by Crippen LogP contribution is 2.24. The number of hydrogen-bond acceptors (Lipinski definition) is 3. The van der Waals surface area contributed by atoms with Crippen molar-refractivity contribution in [2.24, 2.45) is 5.92 Å². The fourth-order valence-electron chi connectivity index (χ4n) is 2.13. The minimum Gasteiger partial charge on any atom is -0.483 e. The molecule has 0 bridgehead atoms. The Kier molecular flexibility index (Phi) is 7.04. The van der Waals surface area contributed by atoms with Crippen LogP contribution in [0.25, 0.3) is 0 Å². The molecule has 0 radical (unpaired) electrons. The molecule has 0 spiro atoms. The molecule has 2 amide bonds. The van der Waals surface area contributed by atoms with Crippen LogP contribution in [0.15, 0.2) is 48.5 Å². The van der Waals surface area contributed by atoms with Crippen molar-refractivity contribution in [2.45, 2.75) is 26.8 Å². The van der Waals surface area contributed by atoms with Crippen molar-refractivity contribution in [2.75, 3.05) is 11.9 Å². The molecule has 26 heavy (non-hydrogen) atoms. The highest BCUT2D eigenvalue weighted by Gasteiger charge is 2.16. The summed E-state index contributed by atoms with van der Waals surface area (Å²) < 4.78 is 5.56. The molecule has 1 unspecified atom stereocenters. The van der Waals surface area contributed by atoms with Gasteiger partial charge in [-0.05, 0) is 43.2 Å². The van der Waals surface area contributed by atoms with E-state index in [9.17, 15) is 9.59 Å². The molecule has 2 aromatic rings. The third-order valence-electron chi connectivity index (χ3n) is 3.97. The van der Waals surface area contributed by atoms with Crippen molar-refractivity contribution in [1.82, 2.24) is 5.32 Å². The Balaban J connectivity index is 2.07. The lowest BCUT2D eigenvalue weighted by molar-refractivity contribution is -0.124. The van der Waals surface area contributed by atoms with E-state index < -0.39 is 0 Å². The molecule has 6 heteroatoms. The van der Waals surface area contributed by atoms with Crippen LogP contribution in [0.1, 0.15) is 31.1 Å². The van der Waals surface area contributed by atoms with Gasteiger partial charge in [-0.1, -0.05) is 43.6 Å². The van der Waals surface area contributed by atoms with E-state index >= 15 is 0 Å². The summed E-state index contributed by atoms with van der Waals surface area (Å²) in [6.07, 6.45) is 0. The minimum atomic E-state index is -0.357. The Morgan fingerprint density at radius 3 is 2.42 bits per heavy atom. The Bertz CT molecular complexity index is 763. The van der Waals surface area contributed by atoms with Crippen LogP contribution in [0.2, 0.25) is 5.02 Å². The fourth-order valence-corrected chi connectivity index (χ4v) is 2.30. The van der Waals surface area contributed by atoms with Crippen molar-refractivity contribution >= 4 is 29.1 Å². The van der Waals surface area contributed by atoms with E-state index in [2.05, 4.69) is 10.6 Å². The first kappa shape index (κ1) is 19.8. The van der Waals surface area contributed by atoms with Gasteiger partial charge in [0.05, 0.1) is 5.56 Å². The first-order valence-electron chi connectivity index (χ1n) is 8.45. The summed E-state index contributed by atoms with van der Waals surface area (Å²) in [6, 6.07) is 13.8. The number of anilines is 1. The number of hydrogen-bond donors (Lipinski definition) is 2. The van der Waals surface area contributed by atoms with Crippen molar-refractivity contribution < 1.29 is 14.3 Å². The molecule has 0 aliphatic carbocycles. The lowest BCUT2D eigenvalue weighted by atomic mass is 10.1. The van der Waals surface area contributed by atoms with Crippen molar-refractivity contribution in [3.05, 3.63) is 59.1 Å². The van der Waals surface area contributed by atoms with E-state index in [1.54, 1.807) is 24.3 Å².